The van der Waals surface area contributed by atoms with Crippen LogP contribution in [0.5, 0.6) is 0 Å². The van der Waals surface area contributed by atoms with Crippen LogP contribution in [0, 0.1) is 0 Å². The molecule has 0 N–H and O–H groups in total. The van der Waals surface area contributed by atoms with Gasteiger partial charge in [0.2, 0.25) is 0 Å². The lowest BCUT2D eigenvalue weighted by Crippen LogP contribution is -2.26. The third-order valence-electron chi connectivity index (χ3n) is 4.87. The van der Waals surface area contributed by atoms with Crippen LogP contribution in [0.1, 0.15) is 33.4 Å². The zero-order valence-electron chi connectivity index (χ0n) is 13.6. The van der Waals surface area contributed by atoms with Gasteiger partial charge in [0.15, 0.2) is 5.78 Å². The topological polar surface area (TPSA) is 20.3 Å². The van der Waals surface area contributed by atoms with Crippen LogP contribution in [-0.2, 0) is 0 Å². The molecule has 0 saturated heterocycles. The Balaban J connectivity index is 1.85. The van der Waals surface area contributed by atoms with Gasteiger partial charge < -0.3 is 4.90 Å². The Morgan fingerprint density at radius 2 is 1.38 bits per heavy atom. The van der Waals surface area contributed by atoms with Crippen LogP contribution in [0.15, 0.2) is 84.9 Å². The summed E-state index contributed by atoms with van der Waals surface area (Å²) in [6.45, 7) is 0. The van der Waals surface area contributed by atoms with Crippen LogP contribution in [0.3, 0.4) is 0 Å². The van der Waals surface area contributed by atoms with Crippen LogP contribution in [0.2, 0.25) is 0 Å². The van der Waals surface area contributed by atoms with Crippen molar-refractivity contribution in [2.24, 2.45) is 0 Å². The van der Waals surface area contributed by atoms with Crippen LogP contribution in [0.25, 0.3) is 0 Å². The van der Waals surface area contributed by atoms with E-state index in [1.54, 1.807) is 0 Å². The minimum Gasteiger partial charge on any atom is -0.366 e. The highest BCUT2D eigenvalue weighted by Gasteiger charge is 2.41. The second kappa shape index (κ2) is 5.97. The second-order valence-corrected chi connectivity index (χ2v) is 6.23. The van der Waals surface area contributed by atoms with Gasteiger partial charge in [-0.25, -0.2) is 0 Å². The van der Waals surface area contributed by atoms with Gasteiger partial charge in [-0.15, -0.1) is 0 Å². The number of carbonyl (C=O) groups is 1. The lowest BCUT2D eigenvalue weighted by Gasteiger charge is -2.27. The summed E-state index contributed by atoms with van der Waals surface area (Å²) in [6, 6.07) is 28.2. The van der Waals surface area contributed by atoms with Crippen molar-refractivity contribution in [3.05, 3.63) is 102 Å². The number of ketones is 1. The Bertz CT molecular complexity index is 857. The van der Waals surface area contributed by atoms with E-state index in [1.807, 2.05) is 60.7 Å². The minimum absolute atomic E-state index is 0.0244. The van der Waals surface area contributed by atoms with Crippen LogP contribution in [-0.4, -0.2) is 12.8 Å². The van der Waals surface area contributed by atoms with Gasteiger partial charge >= 0.3 is 0 Å². The van der Waals surface area contributed by atoms with Gasteiger partial charge in [0.05, 0.1) is 12.0 Å². The van der Waals surface area contributed by atoms with Gasteiger partial charge in [0, 0.05) is 18.3 Å². The molecular formula is C22H19NO. The summed E-state index contributed by atoms with van der Waals surface area (Å²) in [5.41, 5.74) is 4.20. The number of fused-ring (bicyclic) bond motifs is 1. The molecule has 0 saturated carbocycles. The largest absolute Gasteiger partial charge is 0.366 e. The van der Waals surface area contributed by atoms with Gasteiger partial charge in [-0.05, 0) is 17.2 Å². The zero-order valence-corrected chi connectivity index (χ0v) is 13.6. The summed E-state index contributed by atoms with van der Waals surface area (Å²) >= 11 is 0. The van der Waals surface area contributed by atoms with Gasteiger partial charge in [-0.1, -0.05) is 78.9 Å². The van der Waals surface area contributed by atoms with Gasteiger partial charge in [-0.3, -0.25) is 4.79 Å². The van der Waals surface area contributed by atoms with Crippen molar-refractivity contribution in [3.8, 4) is 0 Å². The molecule has 24 heavy (non-hydrogen) atoms. The molecule has 0 unspecified atom stereocenters. The van der Waals surface area contributed by atoms with E-state index in [-0.39, 0.29) is 17.7 Å². The lowest BCUT2D eigenvalue weighted by molar-refractivity contribution is 0.0951. The quantitative estimate of drug-likeness (QED) is 0.645. The predicted octanol–water partition coefficient (Wildman–Crippen LogP) is 4.84. The summed E-state index contributed by atoms with van der Waals surface area (Å²) in [6.07, 6.45) is 0. The fourth-order valence-corrected chi connectivity index (χ4v) is 3.75. The van der Waals surface area contributed by atoms with E-state index in [4.69, 9.17) is 0 Å². The number of nitrogens with zero attached hydrogens (tertiary/aromatic N) is 1. The molecule has 0 aliphatic carbocycles. The highest BCUT2D eigenvalue weighted by molar-refractivity contribution is 6.03. The molecule has 0 fully saturated rings. The summed E-state index contributed by atoms with van der Waals surface area (Å²) in [4.78, 5) is 15.5. The number of hydrogen-bond acceptors (Lipinski definition) is 2. The number of para-hydroxylation sites is 1. The molecule has 4 rings (SSSR count). The third-order valence-corrected chi connectivity index (χ3v) is 4.87. The van der Waals surface area contributed by atoms with E-state index < -0.39 is 0 Å². The summed E-state index contributed by atoms with van der Waals surface area (Å²) in [5.74, 6) is -0.00254. The average molecular weight is 313 g/mol. The standard InChI is InChI=1S/C22H19NO/c1-23-19-15-9-8-14-18(19)20(21(23)16-10-4-2-5-11-16)22(24)17-12-6-3-7-13-17/h2-15,20-21H,1H3/t20-,21-/m0/s1. The first-order valence-corrected chi connectivity index (χ1v) is 8.23. The first-order valence-electron chi connectivity index (χ1n) is 8.23. The maximum Gasteiger partial charge on any atom is 0.172 e. The van der Waals surface area contributed by atoms with Gasteiger partial charge in [-0.2, -0.15) is 0 Å². The molecule has 118 valence electrons. The van der Waals surface area contributed by atoms with Crippen LogP contribution >= 0.6 is 0 Å². The Kier molecular flexibility index (Phi) is 3.66. The average Bonchev–Trinajstić information content (AvgIpc) is 2.95. The Morgan fingerprint density at radius 1 is 0.792 bits per heavy atom. The Labute approximate surface area is 142 Å². The van der Waals surface area contributed by atoms with Crippen molar-refractivity contribution in [2.45, 2.75) is 12.0 Å². The molecule has 0 spiro atoms. The van der Waals surface area contributed by atoms with Crippen molar-refractivity contribution in [1.82, 2.24) is 0 Å². The SMILES string of the molecule is CN1c2ccccc2[C@H](C(=O)c2ccccc2)[C@@H]1c1ccccc1. The molecule has 0 aromatic heterocycles. The molecule has 1 aliphatic rings. The fraction of sp³-hybridized carbons (Fsp3) is 0.136. The second-order valence-electron chi connectivity index (χ2n) is 6.23. The molecular weight excluding hydrogens is 294 g/mol. The molecule has 2 heteroatoms. The monoisotopic (exact) mass is 313 g/mol. The number of Topliss-reactive ketones (excluding diaryl/α,β-unsaturated/α-hetero) is 1. The summed E-state index contributed by atoms with van der Waals surface area (Å²) in [7, 11) is 2.08. The normalized spacial score (nSPS) is 19.1. The molecule has 3 aromatic rings. The lowest BCUT2D eigenvalue weighted by atomic mass is 9.84. The number of benzene rings is 3. The fourth-order valence-electron chi connectivity index (χ4n) is 3.75. The molecule has 0 radical (unpaired) electrons. The van der Waals surface area contributed by atoms with E-state index in [1.165, 1.54) is 5.56 Å². The van der Waals surface area contributed by atoms with Crippen molar-refractivity contribution in [2.75, 3.05) is 11.9 Å². The third kappa shape index (κ3) is 2.31. The molecule has 2 atom stereocenters. The van der Waals surface area contributed by atoms with E-state index >= 15 is 0 Å². The molecule has 0 amide bonds. The molecule has 1 heterocycles. The zero-order chi connectivity index (χ0) is 16.5. The van der Waals surface area contributed by atoms with E-state index in [0.717, 1.165) is 16.8 Å². The van der Waals surface area contributed by atoms with Crippen molar-refractivity contribution in [1.29, 1.82) is 0 Å². The smallest absolute Gasteiger partial charge is 0.172 e. The van der Waals surface area contributed by atoms with E-state index in [2.05, 4.69) is 36.2 Å². The molecule has 2 nitrogen and oxygen atoms in total. The Hall–Kier alpha value is -2.87. The molecule has 1 aliphatic heterocycles. The number of hydrogen-bond donors (Lipinski definition) is 0. The highest BCUT2D eigenvalue weighted by atomic mass is 16.1. The summed E-state index contributed by atoms with van der Waals surface area (Å²) < 4.78 is 0. The maximum atomic E-state index is 13.3. The van der Waals surface area contributed by atoms with E-state index in [0.29, 0.717) is 0 Å². The van der Waals surface area contributed by atoms with Crippen molar-refractivity contribution >= 4 is 11.5 Å². The number of carbonyl (C=O) groups excluding carboxylic acids is 1. The first-order chi connectivity index (χ1) is 11.8. The number of anilines is 1. The summed E-state index contributed by atoms with van der Waals surface area (Å²) in [5, 5.41) is 0. The highest BCUT2D eigenvalue weighted by Crippen LogP contribution is 2.49. The first kappa shape index (κ1) is 14.7. The minimum atomic E-state index is -0.184. The van der Waals surface area contributed by atoms with Crippen LogP contribution in [0.4, 0.5) is 5.69 Å². The van der Waals surface area contributed by atoms with Gasteiger partial charge in [0.1, 0.15) is 0 Å². The number of rotatable bonds is 3. The Morgan fingerprint density at radius 3 is 2.08 bits per heavy atom. The van der Waals surface area contributed by atoms with E-state index in [9.17, 15) is 4.79 Å². The number of likely N-dealkylation sites (N-methyl/N-ethyl adjacent to an activating group) is 1. The van der Waals surface area contributed by atoms with Crippen LogP contribution < -0.4 is 4.90 Å². The maximum absolute atomic E-state index is 13.3. The molecule has 3 aromatic carbocycles. The van der Waals surface area contributed by atoms with Crippen molar-refractivity contribution < 1.29 is 4.79 Å². The molecule has 0 bridgehead atoms. The predicted molar refractivity (Wildman–Crippen MR) is 97.5 cm³/mol. The van der Waals surface area contributed by atoms with Crippen molar-refractivity contribution in [3.63, 3.8) is 0 Å². The van der Waals surface area contributed by atoms with Gasteiger partial charge in [0.25, 0.3) is 0 Å².